The lowest BCUT2D eigenvalue weighted by Crippen LogP contribution is -2.04. The van der Waals surface area contributed by atoms with E-state index in [0.29, 0.717) is 5.92 Å². The molecule has 0 aromatic heterocycles. The van der Waals surface area contributed by atoms with Gasteiger partial charge in [0.15, 0.2) is 0 Å². The summed E-state index contributed by atoms with van der Waals surface area (Å²) in [4.78, 5) is 0. The first kappa shape index (κ1) is 13.7. The highest BCUT2D eigenvalue weighted by Crippen LogP contribution is 2.27. The summed E-state index contributed by atoms with van der Waals surface area (Å²) in [6.07, 6.45) is 0.884. The van der Waals surface area contributed by atoms with Crippen LogP contribution in [0.4, 0.5) is 0 Å². The van der Waals surface area contributed by atoms with Crippen LogP contribution in [0.15, 0.2) is 18.2 Å². The number of rotatable bonds is 6. The highest BCUT2D eigenvalue weighted by atomic mass is 32.2. The standard InChI is InChI=1S/C13H17NO2S/c1-10(8-17-9-14)6-11-7-12(15-2)4-5-13(11)16-3/h4-5,7,10H,6,8H2,1-3H3. The molecule has 0 aliphatic heterocycles. The van der Waals surface area contributed by atoms with Crippen LogP contribution in [-0.4, -0.2) is 20.0 Å². The Kier molecular flexibility index (Phi) is 5.71. The first-order chi connectivity index (χ1) is 8.21. The molecule has 1 atom stereocenters. The topological polar surface area (TPSA) is 42.2 Å². The molecule has 3 nitrogen and oxygen atoms in total. The Morgan fingerprint density at radius 3 is 2.71 bits per heavy atom. The Hall–Kier alpha value is -1.34. The molecule has 0 saturated heterocycles. The van der Waals surface area contributed by atoms with Gasteiger partial charge in [0.05, 0.1) is 14.2 Å². The molecule has 0 N–H and O–H groups in total. The van der Waals surface area contributed by atoms with Gasteiger partial charge in [-0.3, -0.25) is 0 Å². The molecular formula is C13H17NO2S. The molecule has 1 aromatic carbocycles. The summed E-state index contributed by atoms with van der Waals surface area (Å²) in [5.41, 5.74) is 1.12. The largest absolute Gasteiger partial charge is 0.497 e. The van der Waals surface area contributed by atoms with Crippen molar-refractivity contribution in [3.63, 3.8) is 0 Å². The van der Waals surface area contributed by atoms with E-state index >= 15 is 0 Å². The van der Waals surface area contributed by atoms with E-state index in [1.807, 2.05) is 18.2 Å². The predicted octanol–water partition coefficient (Wildman–Crippen LogP) is 3.10. The lowest BCUT2D eigenvalue weighted by atomic mass is 10.0. The van der Waals surface area contributed by atoms with E-state index in [2.05, 4.69) is 12.3 Å². The summed E-state index contributed by atoms with van der Waals surface area (Å²) < 4.78 is 10.5. The van der Waals surface area contributed by atoms with Crippen molar-refractivity contribution < 1.29 is 9.47 Å². The summed E-state index contributed by atoms with van der Waals surface area (Å²) in [6, 6.07) is 5.79. The zero-order valence-corrected chi connectivity index (χ0v) is 11.2. The quantitative estimate of drug-likeness (QED) is 0.729. The minimum Gasteiger partial charge on any atom is -0.497 e. The van der Waals surface area contributed by atoms with E-state index in [1.54, 1.807) is 14.2 Å². The first-order valence-electron chi connectivity index (χ1n) is 5.43. The van der Waals surface area contributed by atoms with E-state index in [-0.39, 0.29) is 0 Å². The molecule has 1 rings (SSSR count). The van der Waals surface area contributed by atoms with Crippen LogP contribution >= 0.6 is 11.8 Å². The molecule has 0 fully saturated rings. The molecule has 4 heteroatoms. The van der Waals surface area contributed by atoms with Crippen molar-refractivity contribution in [3.05, 3.63) is 23.8 Å². The second-order valence-corrected chi connectivity index (χ2v) is 4.69. The van der Waals surface area contributed by atoms with E-state index in [0.717, 1.165) is 29.2 Å². The molecule has 1 unspecified atom stereocenters. The highest BCUT2D eigenvalue weighted by Gasteiger charge is 2.10. The summed E-state index contributed by atoms with van der Waals surface area (Å²) in [5, 5.41) is 10.6. The molecule has 0 spiro atoms. The van der Waals surface area contributed by atoms with Crippen LogP contribution in [0.5, 0.6) is 11.5 Å². The van der Waals surface area contributed by atoms with Gasteiger partial charge in [-0.15, -0.1) is 0 Å². The monoisotopic (exact) mass is 251 g/mol. The van der Waals surface area contributed by atoms with Gasteiger partial charge in [-0.2, -0.15) is 5.26 Å². The molecule has 0 aliphatic carbocycles. The zero-order chi connectivity index (χ0) is 12.7. The second kappa shape index (κ2) is 7.08. The number of hydrogen-bond donors (Lipinski definition) is 0. The van der Waals surface area contributed by atoms with Crippen molar-refractivity contribution in [2.45, 2.75) is 13.3 Å². The Labute approximate surface area is 107 Å². The van der Waals surface area contributed by atoms with Crippen LogP contribution in [0.3, 0.4) is 0 Å². The van der Waals surface area contributed by atoms with Crippen LogP contribution < -0.4 is 9.47 Å². The van der Waals surface area contributed by atoms with Gasteiger partial charge >= 0.3 is 0 Å². The Bertz CT molecular complexity index is 401. The number of thiocyanates is 1. The molecule has 0 bridgehead atoms. The third-order valence-electron chi connectivity index (χ3n) is 2.49. The van der Waals surface area contributed by atoms with Crippen molar-refractivity contribution in [2.75, 3.05) is 20.0 Å². The summed E-state index contributed by atoms with van der Waals surface area (Å²) >= 11 is 1.29. The van der Waals surface area contributed by atoms with Crippen LogP contribution in [0, 0.1) is 16.6 Å². The number of nitrogens with zero attached hydrogens (tertiary/aromatic N) is 1. The lowest BCUT2D eigenvalue weighted by Gasteiger charge is -2.13. The first-order valence-corrected chi connectivity index (χ1v) is 6.41. The van der Waals surface area contributed by atoms with Crippen molar-refractivity contribution >= 4 is 11.8 Å². The fourth-order valence-corrected chi connectivity index (χ4v) is 2.13. The second-order valence-electron chi connectivity index (χ2n) is 3.89. The zero-order valence-electron chi connectivity index (χ0n) is 10.4. The van der Waals surface area contributed by atoms with Crippen molar-refractivity contribution in [2.24, 2.45) is 5.92 Å². The van der Waals surface area contributed by atoms with Gasteiger partial charge in [0, 0.05) is 5.75 Å². The van der Waals surface area contributed by atoms with E-state index in [4.69, 9.17) is 14.7 Å². The Morgan fingerprint density at radius 2 is 2.12 bits per heavy atom. The molecule has 0 radical (unpaired) electrons. The molecule has 0 saturated carbocycles. The normalized spacial score (nSPS) is 11.6. The third kappa shape index (κ3) is 4.20. The van der Waals surface area contributed by atoms with E-state index < -0.39 is 0 Å². The van der Waals surface area contributed by atoms with Gasteiger partial charge < -0.3 is 9.47 Å². The Balaban J connectivity index is 2.77. The van der Waals surface area contributed by atoms with Gasteiger partial charge in [0.2, 0.25) is 0 Å². The van der Waals surface area contributed by atoms with E-state index in [1.165, 1.54) is 11.8 Å². The SMILES string of the molecule is COc1ccc(OC)c(CC(C)CSC#N)c1. The van der Waals surface area contributed by atoms with Crippen LogP contribution in [-0.2, 0) is 6.42 Å². The van der Waals surface area contributed by atoms with Crippen LogP contribution in [0.2, 0.25) is 0 Å². The number of benzene rings is 1. The maximum Gasteiger partial charge on any atom is 0.133 e. The Morgan fingerprint density at radius 1 is 1.35 bits per heavy atom. The third-order valence-corrected chi connectivity index (χ3v) is 3.35. The minimum absolute atomic E-state index is 0.431. The smallest absolute Gasteiger partial charge is 0.133 e. The molecule has 17 heavy (non-hydrogen) atoms. The summed E-state index contributed by atoms with van der Waals surface area (Å²) in [5.74, 6) is 2.97. The maximum atomic E-state index is 8.53. The van der Waals surface area contributed by atoms with Gasteiger partial charge in [0.25, 0.3) is 0 Å². The lowest BCUT2D eigenvalue weighted by molar-refractivity contribution is 0.396. The average molecular weight is 251 g/mol. The van der Waals surface area contributed by atoms with Crippen LogP contribution in [0.25, 0.3) is 0 Å². The van der Waals surface area contributed by atoms with Crippen molar-refractivity contribution in [3.8, 4) is 16.9 Å². The highest BCUT2D eigenvalue weighted by molar-refractivity contribution is 8.03. The number of hydrogen-bond acceptors (Lipinski definition) is 4. The average Bonchev–Trinajstić information content (AvgIpc) is 2.36. The fraction of sp³-hybridized carbons (Fsp3) is 0.462. The maximum absolute atomic E-state index is 8.53. The predicted molar refractivity (Wildman–Crippen MR) is 70.5 cm³/mol. The van der Waals surface area contributed by atoms with Crippen molar-refractivity contribution in [1.29, 1.82) is 5.26 Å². The van der Waals surface area contributed by atoms with Crippen molar-refractivity contribution in [1.82, 2.24) is 0 Å². The molecule has 92 valence electrons. The number of thioether (sulfide) groups is 1. The van der Waals surface area contributed by atoms with Gasteiger partial charge in [0.1, 0.15) is 16.9 Å². The van der Waals surface area contributed by atoms with Gasteiger partial charge in [-0.05, 0) is 47.9 Å². The molecule has 0 aliphatic rings. The fourth-order valence-electron chi connectivity index (χ4n) is 1.66. The molecular weight excluding hydrogens is 234 g/mol. The number of methoxy groups -OCH3 is 2. The van der Waals surface area contributed by atoms with Gasteiger partial charge in [-0.1, -0.05) is 6.92 Å². The van der Waals surface area contributed by atoms with Gasteiger partial charge in [-0.25, -0.2) is 0 Å². The summed E-state index contributed by atoms with van der Waals surface area (Å²) in [6.45, 7) is 2.13. The molecule has 1 aromatic rings. The molecule has 0 heterocycles. The van der Waals surface area contributed by atoms with Crippen LogP contribution in [0.1, 0.15) is 12.5 Å². The van der Waals surface area contributed by atoms with E-state index in [9.17, 15) is 0 Å². The number of ether oxygens (including phenoxy) is 2. The number of nitriles is 1. The summed E-state index contributed by atoms with van der Waals surface area (Å²) in [7, 11) is 3.32. The minimum atomic E-state index is 0.431. The molecule has 0 amide bonds.